The Hall–Kier alpha value is -3.35. The average molecular weight is 365 g/mol. The number of nitrogens with zero attached hydrogens (tertiary/aromatic N) is 3. The van der Waals surface area contributed by atoms with Gasteiger partial charge in [0.1, 0.15) is 24.1 Å². The summed E-state index contributed by atoms with van der Waals surface area (Å²) in [5.74, 6) is 0.145. The second-order valence-electron chi connectivity index (χ2n) is 6.47. The molecule has 0 atom stereocenters. The number of fused-ring (bicyclic) bond motifs is 1. The summed E-state index contributed by atoms with van der Waals surface area (Å²) in [4.78, 5) is 29.6. The maximum absolute atomic E-state index is 12.3. The van der Waals surface area contributed by atoms with Crippen molar-refractivity contribution in [2.24, 2.45) is 0 Å². The van der Waals surface area contributed by atoms with E-state index in [9.17, 15) is 9.59 Å². The highest BCUT2D eigenvalue weighted by molar-refractivity contribution is 5.90. The second-order valence-corrected chi connectivity index (χ2v) is 6.47. The second kappa shape index (κ2) is 7.11. The summed E-state index contributed by atoms with van der Waals surface area (Å²) in [7, 11) is 0. The van der Waals surface area contributed by atoms with Crippen molar-refractivity contribution in [3.05, 3.63) is 66.1 Å². The fourth-order valence-corrected chi connectivity index (χ4v) is 2.92. The lowest BCUT2D eigenvalue weighted by Crippen LogP contribution is -2.54. The van der Waals surface area contributed by atoms with Crippen LogP contribution in [-0.2, 0) is 16.1 Å². The molecule has 0 radical (unpaired) electrons. The third-order valence-electron chi connectivity index (χ3n) is 4.44. The summed E-state index contributed by atoms with van der Waals surface area (Å²) < 4.78 is 13.1. The molecule has 1 aliphatic heterocycles. The van der Waals surface area contributed by atoms with E-state index in [1.54, 1.807) is 29.2 Å². The van der Waals surface area contributed by atoms with Gasteiger partial charge in [0.05, 0.1) is 24.3 Å². The number of carbonyl (C=O) groups excluding carboxylic acids is 2. The number of carbonyl (C=O) groups is 2. The Labute approximate surface area is 156 Å². The van der Waals surface area contributed by atoms with Crippen molar-refractivity contribution < 1.29 is 19.1 Å². The van der Waals surface area contributed by atoms with Crippen molar-refractivity contribution in [2.45, 2.75) is 19.6 Å². The zero-order valence-electron chi connectivity index (χ0n) is 14.9. The van der Waals surface area contributed by atoms with Gasteiger partial charge in [-0.1, -0.05) is 12.1 Å². The highest BCUT2D eigenvalue weighted by Gasteiger charge is 2.31. The van der Waals surface area contributed by atoms with Crippen LogP contribution in [0.4, 0.5) is 0 Å². The van der Waals surface area contributed by atoms with Gasteiger partial charge in [-0.2, -0.15) is 0 Å². The molecule has 4 rings (SSSR count). The zero-order valence-corrected chi connectivity index (χ0v) is 14.9. The summed E-state index contributed by atoms with van der Waals surface area (Å²) in [5, 5.41) is 0. The van der Waals surface area contributed by atoms with E-state index in [1.807, 2.05) is 35.0 Å². The van der Waals surface area contributed by atoms with Crippen molar-refractivity contribution in [3.63, 3.8) is 0 Å². The molecule has 1 fully saturated rings. The van der Waals surface area contributed by atoms with Crippen LogP contribution in [0.15, 0.2) is 54.9 Å². The molecule has 3 heterocycles. The van der Waals surface area contributed by atoms with Crippen LogP contribution in [-0.4, -0.2) is 45.4 Å². The predicted octanol–water partition coefficient (Wildman–Crippen LogP) is 2.30. The third kappa shape index (κ3) is 3.76. The van der Waals surface area contributed by atoms with Crippen LogP contribution in [0.3, 0.4) is 0 Å². The van der Waals surface area contributed by atoms with Crippen LogP contribution in [0.25, 0.3) is 5.65 Å². The molecular weight excluding hydrogens is 346 g/mol. The number of amides is 1. The minimum Gasteiger partial charge on any atom is -0.487 e. The molecular formula is C20H19N3O4. The van der Waals surface area contributed by atoms with E-state index in [0.29, 0.717) is 31.0 Å². The summed E-state index contributed by atoms with van der Waals surface area (Å²) in [6.07, 6.45) is 3.59. The molecule has 0 N–H and O–H groups in total. The van der Waals surface area contributed by atoms with Crippen molar-refractivity contribution >= 4 is 17.5 Å². The molecule has 3 aromatic rings. The molecule has 0 spiro atoms. The molecule has 0 aliphatic carbocycles. The van der Waals surface area contributed by atoms with Gasteiger partial charge in [-0.25, -0.2) is 9.78 Å². The number of benzene rings is 1. The van der Waals surface area contributed by atoms with E-state index in [-0.39, 0.29) is 12.0 Å². The van der Waals surface area contributed by atoms with Crippen LogP contribution < -0.4 is 4.74 Å². The highest BCUT2D eigenvalue weighted by atomic mass is 16.5. The standard InChI is InChI=1S/C20H19N3O4/c1-14(24)23-11-18(12-23)27-20(25)15-5-4-6-17(9-15)26-13-16-10-22-8-3-2-7-19(22)21-16/h2-10,18H,11-13H2,1H3. The molecule has 7 nitrogen and oxygen atoms in total. The number of pyridine rings is 1. The number of imidazole rings is 1. The van der Waals surface area contributed by atoms with Crippen molar-refractivity contribution in [3.8, 4) is 5.75 Å². The number of rotatable bonds is 5. The summed E-state index contributed by atoms with van der Waals surface area (Å²) in [6.45, 7) is 2.70. The van der Waals surface area contributed by atoms with E-state index in [1.165, 1.54) is 6.92 Å². The molecule has 0 bridgehead atoms. The lowest BCUT2D eigenvalue weighted by atomic mass is 10.1. The number of ether oxygens (including phenoxy) is 2. The summed E-state index contributed by atoms with van der Waals surface area (Å²) >= 11 is 0. The molecule has 0 unspecified atom stereocenters. The first-order valence-electron chi connectivity index (χ1n) is 8.70. The van der Waals surface area contributed by atoms with E-state index >= 15 is 0 Å². The van der Waals surface area contributed by atoms with Gasteiger partial charge in [0.2, 0.25) is 5.91 Å². The van der Waals surface area contributed by atoms with Gasteiger partial charge in [-0.15, -0.1) is 0 Å². The Morgan fingerprint density at radius 3 is 2.81 bits per heavy atom. The van der Waals surface area contributed by atoms with Crippen LogP contribution in [0.2, 0.25) is 0 Å². The van der Waals surface area contributed by atoms with Crippen molar-refractivity contribution in [1.82, 2.24) is 14.3 Å². The van der Waals surface area contributed by atoms with Crippen LogP contribution in [0.5, 0.6) is 5.75 Å². The van der Waals surface area contributed by atoms with E-state index in [4.69, 9.17) is 9.47 Å². The molecule has 27 heavy (non-hydrogen) atoms. The zero-order chi connectivity index (χ0) is 18.8. The Morgan fingerprint density at radius 2 is 2.04 bits per heavy atom. The van der Waals surface area contributed by atoms with Gasteiger partial charge in [-0.3, -0.25) is 4.79 Å². The molecule has 138 valence electrons. The van der Waals surface area contributed by atoms with E-state index < -0.39 is 5.97 Å². The lowest BCUT2D eigenvalue weighted by molar-refractivity contribution is -0.139. The Bertz CT molecular complexity index is 959. The highest BCUT2D eigenvalue weighted by Crippen LogP contribution is 2.19. The largest absolute Gasteiger partial charge is 0.487 e. The molecule has 1 saturated heterocycles. The Morgan fingerprint density at radius 1 is 1.19 bits per heavy atom. The van der Waals surface area contributed by atoms with E-state index in [0.717, 1.165) is 11.3 Å². The average Bonchev–Trinajstić information content (AvgIpc) is 3.05. The SMILES string of the molecule is CC(=O)N1CC(OC(=O)c2cccc(OCc3cn4ccccc4n3)c2)C1. The van der Waals surface area contributed by atoms with Crippen LogP contribution in [0.1, 0.15) is 23.0 Å². The smallest absolute Gasteiger partial charge is 0.338 e. The molecule has 7 heteroatoms. The first-order chi connectivity index (χ1) is 13.1. The lowest BCUT2D eigenvalue weighted by Gasteiger charge is -2.37. The first-order valence-corrected chi connectivity index (χ1v) is 8.70. The van der Waals surface area contributed by atoms with Gasteiger partial charge in [0.25, 0.3) is 0 Å². The topological polar surface area (TPSA) is 73.1 Å². The monoisotopic (exact) mass is 365 g/mol. The Balaban J connectivity index is 1.36. The molecule has 1 aromatic carbocycles. The molecule has 2 aromatic heterocycles. The fourth-order valence-electron chi connectivity index (χ4n) is 2.92. The number of likely N-dealkylation sites (tertiary alicyclic amines) is 1. The van der Waals surface area contributed by atoms with Crippen LogP contribution in [0, 0.1) is 0 Å². The maximum atomic E-state index is 12.3. The minimum atomic E-state index is -0.415. The van der Waals surface area contributed by atoms with Gasteiger partial charge < -0.3 is 18.8 Å². The van der Waals surface area contributed by atoms with Crippen molar-refractivity contribution in [2.75, 3.05) is 13.1 Å². The maximum Gasteiger partial charge on any atom is 0.338 e. The fraction of sp³-hybridized carbons (Fsp3) is 0.250. The number of hydrogen-bond donors (Lipinski definition) is 0. The number of aromatic nitrogens is 2. The Kier molecular flexibility index (Phi) is 4.50. The summed E-state index contributed by atoms with van der Waals surface area (Å²) in [5.41, 5.74) is 2.07. The quantitative estimate of drug-likeness (QED) is 0.649. The minimum absolute atomic E-state index is 0.00959. The molecule has 0 saturated carbocycles. The predicted molar refractivity (Wildman–Crippen MR) is 97.4 cm³/mol. The van der Waals surface area contributed by atoms with E-state index in [2.05, 4.69) is 4.98 Å². The van der Waals surface area contributed by atoms with Gasteiger partial charge in [-0.05, 0) is 30.3 Å². The summed E-state index contributed by atoms with van der Waals surface area (Å²) in [6, 6.07) is 12.7. The van der Waals surface area contributed by atoms with Crippen LogP contribution >= 0.6 is 0 Å². The normalized spacial score (nSPS) is 14.0. The molecule has 1 aliphatic rings. The first kappa shape index (κ1) is 17.1. The van der Waals surface area contributed by atoms with Gasteiger partial charge >= 0.3 is 5.97 Å². The van der Waals surface area contributed by atoms with Gasteiger partial charge in [0.15, 0.2) is 0 Å². The third-order valence-corrected chi connectivity index (χ3v) is 4.44. The number of esters is 1. The van der Waals surface area contributed by atoms with Gasteiger partial charge in [0, 0.05) is 19.3 Å². The molecule has 1 amide bonds. The number of hydrogen-bond acceptors (Lipinski definition) is 5. The van der Waals surface area contributed by atoms with Crippen molar-refractivity contribution in [1.29, 1.82) is 0 Å².